The van der Waals surface area contributed by atoms with Crippen LogP contribution in [0.4, 0.5) is 11.5 Å². The molecule has 4 aromatic rings. The fourth-order valence-electron chi connectivity index (χ4n) is 3.54. The summed E-state index contributed by atoms with van der Waals surface area (Å²) in [5.74, 6) is 0.884. The van der Waals surface area contributed by atoms with Gasteiger partial charge in [-0.3, -0.25) is 0 Å². The fourth-order valence-corrected chi connectivity index (χ4v) is 3.77. The number of hydrogen-bond donors (Lipinski definition) is 1. The van der Waals surface area contributed by atoms with Crippen molar-refractivity contribution >= 4 is 28.8 Å². The fraction of sp³-hybridized carbons (Fsp3) is 0.280. The molecule has 0 spiro atoms. The molecule has 4 rings (SSSR count). The van der Waals surface area contributed by atoms with Gasteiger partial charge in [0.15, 0.2) is 5.65 Å². The molecule has 0 aliphatic rings. The van der Waals surface area contributed by atoms with Gasteiger partial charge in [0.1, 0.15) is 5.82 Å². The Bertz CT molecular complexity index is 1250. The molecule has 30 heavy (non-hydrogen) atoms. The number of anilines is 2. The van der Waals surface area contributed by atoms with Crippen molar-refractivity contribution in [2.24, 2.45) is 0 Å². The molecule has 0 atom stereocenters. The summed E-state index contributed by atoms with van der Waals surface area (Å²) in [5, 5.41) is 9.08. The zero-order chi connectivity index (χ0) is 21.6. The van der Waals surface area contributed by atoms with E-state index >= 15 is 0 Å². The molecule has 2 aromatic carbocycles. The maximum atomic E-state index is 6.54. The molecule has 0 saturated carbocycles. The van der Waals surface area contributed by atoms with Gasteiger partial charge in [0.2, 0.25) is 0 Å². The Morgan fingerprint density at radius 3 is 2.33 bits per heavy atom. The summed E-state index contributed by atoms with van der Waals surface area (Å²) in [6, 6.07) is 16.3. The smallest absolute Gasteiger partial charge is 0.165 e. The number of nitrogens with one attached hydrogen (secondary N) is 1. The number of fused-ring (bicyclic) bond motifs is 1. The van der Waals surface area contributed by atoms with E-state index < -0.39 is 0 Å². The molecule has 0 aliphatic carbocycles. The number of aryl methyl sites for hydroxylation is 3. The van der Waals surface area contributed by atoms with Crippen molar-refractivity contribution in [1.29, 1.82) is 0 Å². The number of benzene rings is 2. The van der Waals surface area contributed by atoms with Crippen LogP contribution in [0.2, 0.25) is 5.02 Å². The first-order chi connectivity index (χ1) is 14.1. The summed E-state index contributed by atoms with van der Waals surface area (Å²) in [6.07, 6.45) is 0. The van der Waals surface area contributed by atoms with Gasteiger partial charge in [-0.2, -0.15) is 9.61 Å². The molecule has 1 N–H and O–H groups in total. The molecule has 0 fully saturated rings. The minimum Gasteiger partial charge on any atom is -0.340 e. The highest BCUT2D eigenvalue weighted by Crippen LogP contribution is 2.36. The second-order valence-corrected chi connectivity index (χ2v) is 9.28. The van der Waals surface area contributed by atoms with Gasteiger partial charge < -0.3 is 5.32 Å². The predicted octanol–water partition coefficient (Wildman–Crippen LogP) is 7.02. The number of halogens is 1. The molecular weight excluding hydrogens is 392 g/mol. The van der Waals surface area contributed by atoms with Gasteiger partial charge in [0.05, 0.1) is 17.0 Å². The number of hydrogen-bond acceptors (Lipinski definition) is 3. The first-order valence-corrected chi connectivity index (χ1v) is 10.5. The van der Waals surface area contributed by atoms with E-state index in [4.69, 9.17) is 21.7 Å². The largest absolute Gasteiger partial charge is 0.340 e. The molecule has 2 aromatic heterocycles. The van der Waals surface area contributed by atoms with Crippen LogP contribution in [0.3, 0.4) is 0 Å². The Morgan fingerprint density at radius 2 is 1.67 bits per heavy atom. The highest BCUT2D eigenvalue weighted by molar-refractivity contribution is 6.33. The van der Waals surface area contributed by atoms with Crippen molar-refractivity contribution < 1.29 is 0 Å². The molecule has 0 amide bonds. The topological polar surface area (TPSA) is 42.2 Å². The lowest BCUT2D eigenvalue weighted by Gasteiger charge is -2.20. The monoisotopic (exact) mass is 418 g/mol. The lowest BCUT2D eigenvalue weighted by atomic mass is 9.92. The number of nitrogens with zero attached hydrogens (tertiary/aromatic N) is 3. The van der Waals surface area contributed by atoms with Gasteiger partial charge in [-0.1, -0.05) is 56.6 Å². The van der Waals surface area contributed by atoms with Crippen molar-refractivity contribution in [3.63, 3.8) is 0 Å². The summed E-state index contributed by atoms with van der Waals surface area (Å²) in [7, 11) is 0. The van der Waals surface area contributed by atoms with E-state index in [0.717, 1.165) is 39.7 Å². The average molecular weight is 419 g/mol. The van der Waals surface area contributed by atoms with Crippen LogP contribution in [0.25, 0.3) is 16.8 Å². The maximum Gasteiger partial charge on any atom is 0.165 e. The third kappa shape index (κ3) is 3.68. The van der Waals surface area contributed by atoms with Gasteiger partial charge >= 0.3 is 0 Å². The van der Waals surface area contributed by atoms with Gasteiger partial charge in [-0.25, -0.2) is 4.98 Å². The van der Waals surface area contributed by atoms with Crippen molar-refractivity contribution in [2.45, 2.75) is 47.0 Å². The molecule has 0 unspecified atom stereocenters. The highest BCUT2D eigenvalue weighted by atomic mass is 35.5. The van der Waals surface area contributed by atoms with E-state index in [9.17, 15) is 0 Å². The van der Waals surface area contributed by atoms with E-state index in [1.54, 1.807) is 0 Å². The van der Waals surface area contributed by atoms with E-state index in [1.807, 2.05) is 35.7 Å². The molecule has 0 aliphatic heterocycles. The number of aromatic nitrogens is 3. The normalized spacial score (nSPS) is 11.8. The summed E-state index contributed by atoms with van der Waals surface area (Å²) in [4.78, 5) is 5.02. The standard InChI is InChI=1S/C25H27ClN4/c1-15-11-12-18(13-16(15)2)27-22-14-21(25(4,5)6)28-24-23(17(3)29-30(22)24)19-9-7-8-10-20(19)26/h7-14,27H,1-6H3. The van der Waals surface area contributed by atoms with Gasteiger partial charge in [-0.15, -0.1) is 0 Å². The lowest BCUT2D eigenvalue weighted by Crippen LogP contribution is -2.16. The Kier molecular flexibility index (Phi) is 5.07. The van der Waals surface area contributed by atoms with Gasteiger partial charge in [0.25, 0.3) is 0 Å². The first-order valence-electron chi connectivity index (χ1n) is 10.1. The second kappa shape index (κ2) is 7.44. The Morgan fingerprint density at radius 1 is 0.933 bits per heavy atom. The van der Waals surface area contributed by atoms with E-state index in [2.05, 4.69) is 64.2 Å². The minimum atomic E-state index is -0.114. The molecule has 5 heteroatoms. The second-order valence-electron chi connectivity index (χ2n) is 8.88. The zero-order valence-electron chi connectivity index (χ0n) is 18.3. The van der Waals surface area contributed by atoms with Gasteiger partial charge in [0, 0.05) is 27.8 Å². The van der Waals surface area contributed by atoms with Crippen LogP contribution in [0.5, 0.6) is 0 Å². The van der Waals surface area contributed by atoms with Crippen LogP contribution < -0.4 is 5.32 Å². The summed E-state index contributed by atoms with van der Waals surface area (Å²) < 4.78 is 1.89. The van der Waals surface area contributed by atoms with Crippen LogP contribution >= 0.6 is 11.6 Å². The molecule has 2 heterocycles. The number of rotatable bonds is 3. The van der Waals surface area contributed by atoms with Crippen LogP contribution in [0.15, 0.2) is 48.5 Å². The van der Waals surface area contributed by atoms with E-state index in [0.29, 0.717) is 5.02 Å². The summed E-state index contributed by atoms with van der Waals surface area (Å²) in [6.45, 7) is 12.8. The van der Waals surface area contributed by atoms with Crippen LogP contribution in [-0.4, -0.2) is 14.6 Å². The maximum absolute atomic E-state index is 6.54. The summed E-state index contributed by atoms with van der Waals surface area (Å²) >= 11 is 6.54. The highest BCUT2D eigenvalue weighted by Gasteiger charge is 2.23. The molecule has 0 radical (unpaired) electrons. The van der Waals surface area contributed by atoms with E-state index in [-0.39, 0.29) is 5.41 Å². The third-order valence-electron chi connectivity index (χ3n) is 5.45. The van der Waals surface area contributed by atoms with Crippen LogP contribution in [-0.2, 0) is 5.41 Å². The zero-order valence-corrected chi connectivity index (χ0v) is 19.1. The van der Waals surface area contributed by atoms with Crippen molar-refractivity contribution in [3.8, 4) is 11.1 Å². The van der Waals surface area contributed by atoms with E-state index in [1.165, 1.54) is 11.1 Å². The van der Waals surface area contributed by atoms with Crippen LogP contribution in [0, 0.1) is 20.8 Å². The quantitative estimate of drug-likeness (QED) is 0.388. The lowest BCUT2D eigenvalue weighted by molar-refractivity contribution is 0.569. The molecule has 0 bridgehead atoms. The Labute approximate surface area is 182 Å². The molecule has 154 valence electrons. The van der Waals surface area contributed by atoms with Crippen LogP contribution in [0.1, 0.15) is 43.3 Å². The Balaban J connectivity index is 1.97. The SMILES string of the molecule is Cc1ccc(Nc2cc(C(C)(C)C)nc3c(-c4ccccc4Cl)c(C)nn23)cc1C. The van der Waals surface area contributed by atoms with Gasteiger partial charge in [-0.05, 0) is 50.1 Å². The van der Waals surface area contributed by atoms with Crippen molar-refractivity contribution in [1.82, 2.24) is 14.6 Å². The van der Waals surface area contributed by atoms with Crippen molar-refractivity contribution in [3.05, 3.63) is 76.1 Å². The minimum absolute atomic E-state index is 0.114. The first kappa shape index (κ1) is 20.4. The third-order valence-corrected chi connectivity index (χ3v) is 5.78. The van der Waals surface area contributed by atoms with Crippen molar-refractivity contribution in [2.75, 3.05) is 5.32 Å². The molecular formula is C25H27ClN4. The summed E-state index contributed by atoms with van der Waals surface area (Å²) in [5.41, 5.74) is 8.03. The molecule has 4 nitrogen and oxygen atoms in total. The Hall–Kier alpha value is -2.85. The average Bonchev–Trinajstić information content (AvgIpc) is 3.01. The predicted molar refractivity (Wildman–Crippen MR) is 126 cm³/mol. The molecule has 0 saturated heterocycles.